The molecule has 1 amide bonds. The van der Waals surface area contributed by atoms with Gasteiger partial charge in [0, 0.05) is 18.2 Å². The number of carbonyl (C=O) groups excluding carboxylic acids is 1. The van der Waals surface area contributed by atoms with Gasteiger partial charge in [0.1, 0.15) is 0 Å². The van der Waals surface area contributed by atoms with Crippen LogP contribution < -0.4 is 11.1 Å². The van der Waals surface area contributed by atoms with Crippen LogP contribution in [0, 0.1) is 5.82 Å². The van der Waals surface area contributed by atoms with E-state index in [4.69, 9.17) is 5.73 Å². The molecule has 94 valence electrons. The van der Waals surface area contributed by atoms with Crippen molar-refractivity contribution in [3.8, 4) is 0 Å². The topological polar surface area (TPSA) is 68.0 Å². The van der Waals surface area contributed by atoms with Crippen molar-refractivity contribution in [2.75, 3.05) is 12.3 Å². The van der Waals surface area contributed by atoms with Gasteiger partial charge in [0.15, 0.2) is 5.82 Å². The van der Waals surface area contributed by atoms with E-state index in [0.29, 0.717) is 13.0 Å². The molecule has 0 spiro atoms. The number of rotatable bonds is 7. The molecule has 0 saturated carbocycles. The number of hydrogen-bond acceptors (Lipinski definition) is 3. The molecule has 0 aliphatic heterocycles. The smallest absolute Gasteiger partial charge is 0.207 e. The first-order valence-corrected chi connectivity index (χ1v) is 5.77. The van der Waals surface area contributed by atoms with Gasteiger partial charge < -0.3 is 11.1 Å². The summed E-state index contributed by atoms with van der Waals surface area (Å²) in [6, 6.07) is 1.58. The Morgan fingerprint density at radius 3 is 2.94 bits per heavy atom. The van der Waals surface area contributed by atoms with E-state index in [1.807, 2.05) is 0 Å². The number of halogens is 1. The van der Waals surface area contributed by atoms with Crippen molar-refractivity contribution in [3.63, 3.8) is 0 Å². The zero-order chi connectivity index (χ0) is 12.7. The second-order valence-corrected chi connectivity index (χ2v) is 3.98. The van der Waals surface area contributed by atoms with E-state index in [1.54, 1.807) is 6.07 Å². The predicted octanol–water partition coefficient (Wildman–Crippen LogP) is 1.82. The molecule has 4 nitrogen and oxygen atoms in total. The number of pyridine rings is 1. The number of carbonyl (C=O) groups is 1. The Hall–Kier alpha value is -1.65. The molecular formula is C12H18FN3O. The first-order chi connectivity index (χ1) is 8.19. The summed E-state index contributed by atoms with van der Waals surface area (Å²) < 4.78 is 13.0. The van der Waals surface area contributed by atoms with Crippen LogP contribution in [0.25, 0.3) is 0 Å². The number of nitrogens with zero attached hydrogens (tertiary/aromatic N) is 1. The van der Waals surface area contributed by atoms with Crippen LogP contribution >= 0.6 is 0 Å². The Labute approximate surface area is 100 Å². The first-order valence-electron chi connectivity index (χ1n) is 5.77. The van der Waals surface area contributed by atoms with E-state index in [2.05, 4.69) is 17.2 Å². The van der Waals surface area contributed by atoms with Gasteiger partial charge in [-0.25, -0.2) is 4.39 Å². The highest BCUT2D eigenvalue weighted by Gasteiger charge is 2.13. The highest BCUT2D eigenvalue weighted by molar-refractivity contribution is 5.45. The maximum Gasteiger partial charge on any atom is 0.207 e. The third-order valence-corrected chi connectivity index (χ3v) is 2.68. The third kappa shape index (κ3) is 4.01. The van der Waals surface area contributed by atoms with Crippen LogP contribution in [0.5, 0.6) is 0 Å². The lowest BCUT2D eigenvalue weighted by Gasteiger charge is -2.15. The zero-order valence-corrected chi connectivity index (χ0v) is 9.95. The molecule has 0 aliphatic carbocycles. The van der Waals surface area contributed by atoms with Crippen LogP contribution in [0.2, 0.25) is 0 Å². The maximum absolute atomic E-state index is 13.0. The summed E-state index contributed by atoms with van der Waals surface area (Å²) in [5, 5.41) is 2.62. The van der Waals surface area contributed by atoms with Crippen molar-refractivity contribution in [1.82, 2.24) is 10.3 Å². The number of nitrogen functional groups attached to an aromatic ring is 1. The van der Waals surface area contributed by atoms with Crippen LogP contribution in [0.3, 0.4) is 0 Å². The highest BCUT2D eigenvalue weighted by Crippen LogP contribution is 2.24. The molecule has 1 aromatic heterocycles. The van der Waals surface area contributed by atoms with Gasteiger partial charge in [-0.05, 0) is 18.9 Å². The lowest BCUT2D eigenvalue weighted by Crippen LogP contribution is -2.16. The largest absolute Gasteiger partial charge is 0.396 e. The second kappa shape index (κ2) is 6.83. The van der Waals surface area contributed by atoms with Gasteiger partial charge in [0.25, 0.3) is 0 Å². The summed E-state index contributed by atoms with van der Waals surface area (Å²) in [7, 11) is 0. The van der Waals surface area contributed by atoms with Crippen LogP contribution in [-0.4, -0.2) is 17.9 Å². The average Bonchev–Trinajstić information content (AvgIpc) is 2.32. The number of amides is 1. The number of hydrogen-bond donors (Lipinski definition) is 2. The lowest BCUT2D eigenvalue weighted by atomic mass is 9.95. The fraction of sp³-hybridized carbons (Fsp3) is 0.500. The Kier molecular flexibility index (Phi) is 5.39. The molecule has 0 radical (unpaired) electrons. The monoisotopic (exact) mass is 239 g/mol. The number of anilines is 1. The molecule has 0 saturated heterocycles. The summed E-state index contributed by atoms with van der Waals surface area (Å²) >= 11 is 0. The number of nitrogens with one attached hydrogen (secondary N) is 1. The van der Waals surface area contributed by atoms with Gasteiger partial charge in [-0.3, -0.25) is 9.78 Å². The van der Waals surface area contributed by atoms with Crippen molar-refractivity contribution < 1.29 is 9.18 Å². The predicted molar refractivity (Wildman–Crippen MR) is 64.9 cm³/mol. The maximum atomic E-state index is 13.0. The molecule has 0 bridgehead atoms. The molecule has 17 heavy (non-hydrogen) atoms. The van der Waals surface area contributed by atoms with E-state index in [9.17, 15) is 9.18 Å². The molecule has 1 unspecified atom stereocenters. The highest BCUT2D eigenvalue weighted by atomic mass is 19.1. The fourth-order valence-corrected chi connectivity index (χ4v) is 1.80. The molecule has 0 aliphatic rings. The molecule has 1 heterocycles. The Balaban J connectivity index is 2.73. The quantitative estimate of drug-likeness (QED) is 0.563. The summed E-state index contributed by atoms with van der Waals surface area (Å²) in [6.07, 6.45) is 4.56. The lowest BCUT2D eigenvalue weighted by molar-refractivity contribution is -0.109. The molecule has 1 atom stereocenters. The molecule has 0 fully saturated rings. The summed E-state index contributed by atoms with van der Waals surface area (Å²) in [4.78, 5) is 14.2. The van der Waals surface area contributed by atoms with Gasteiger partial charge in [0.2, 0.25) is 6.41 Å². The fourth-order valence-electron chi connectivity index (χ4n) is 1.80. The summed E-state index contributed by atoms with van der Waals surface area (Å²) in [5.74, 6) is -0.287. The zero-order valence-electron chi connectivity index (χ0n) is 9.95. The average molecular weight is 239 g/mol. The van der Waals surface area contributed by atoms with Gasteiger partial charge in [0.05, 0.1) is 11.9 Å². The number of nitrogens with two attached hydrogens (primary N) is 1. The van der Waals surface area contributed by atoms with Crippen molar-refractivity contribution in [1.29, 1.82) is 0 Å². The minimum Gasteiger partial charge on any atom is -0.396 e. The van der Waals surface area contributed by atoms with Crippen molar-refractivity contribution >= 4 is 12.1 Å². The molecule has 0 aromatic carbocycles. The summed E-state index contributed by atoms with van der Waals surface area (Å²) in [5.41, 5.74) is 6.44. The van der Waals surface area contributed by atoms with Gasteiger partial charge >= 0.3 is 0 Å². The van der Waals surface area contributed by atoms with Gasteiger partial charge in [-0.1, -0.05) is 13.3 Å². The van der Waals surface area contributed by atoms with Crippen LogP contribution in [-0.2, 0) is 4.79 Å². The number of aromatic nitrogens is 1. The van der Waals surface area contributed by atoms with Gasteiger partial charge in [-0.2, -0.15) is 0 Å². The van der Waals surface area contributed by atoms with E-state index < -0.39 is 5.82 Å². The minimum absolute atomic E-state index is 0.124. The van der Waals surface area contributed by atoms with Crippen molar-refractivity contribution in [2.45, 2.75) is 32.1 Å². The van der Waals surface area contributed by atoms with Crippen LogP contribution in [0.1, 0.15) is 37.8 Å². The third-order valence-electron chi connectivity index (χ3n) is 2.68. The van der Waals surface area contributed by atoms with E-state index in [1.165, 1.54) is 0 Å². The molecule has 3 N–H and O–H groups in total. The van der Waals surface area contributed by atoms with E-state index in [0.717, 1.165) is 31.2 Å². The standard InChI is InChI=1S/C12H18FN3O/c1-2-3-9(4-5-15-8-17)12-6-11(14)10(13)7-16-12/h6-9H,2-5H2,1H3,(H2,14,16)(H,15,17). The Morgan fingerprint density at radius 2 is 2.35 bits per heavy atom. The molecule has 1 aromatic rings. The normalized spacial score (nSPS) is 12.1. The minimum atomic E-state index is -0.491. The molecular weight excluding hydrogens is 221 g/mol. The molecule has 5 heteroatoms. The molecule has 1 rings (SSSR count). The van der Waals surface area contributed by atoms with Crippen molar-refractivity contribution in [3.05, 3.63) is 23.8 Å². The first kappa shape index (κ1) is 13.4. The van der Waals surface area contributed by atoms with Crippen LogP contribution in [0.15, 0.2) is 12.3 Å². The van der Waals surface area contributed by atoms with Gasteiger partial charge in [-0.15, -0.1) is 0 Å². The summed E-state index contributed by atoms with van der Waals surface area (Å²) in [6.45, 7) is 2.67. The van der Waals surface area contributed by atoms with E-state index in [-0.39, 0.29) is 11.6 Å². The Morgan fingerprint density at radius 1 is 1.59 bits per heavy atom. The van der Waals surface area contributed by atoms with Crippen LogP contribution in [0.4, 0.5) is 10.1 Å². The Bertz CT molecular complexity index is 371. The van der Waals surface area contributed by atoms with Crippen molar-refractivity contribution in [2.24, 2.45) is 0 Å². The SMILES string of the molecule is CCCC(CCNC=O)c1cc(N)c(F)cn1. The second-order valence-electron chi connectivity index (χ2n) is 3.98. The van der Waals surface area contributed by atoms with E-state index >= 15 is 0 Å².